The van der Waals surface area contributed by atoms with Crippen molar-refractivity contribution in [3.63, 3.8) is 0 Å². The lowest BCUT2D eigenvalue weighted by atomic mass is 10.0. The summed E-state index contributed by atoms with van der Waals surface area (Å²) in [6.45, 7) is 6.89. The summed E-state index contributed by atoms with van der Waals surface area (Å²) in [6.07, 6.45) is 8.10. The molecule has 4 rings (SSSR count). The number of anilines is 1. The molecule has 0 aliphatic rings. The fourth-order valence-corrected chi connectivity index (χ4v) is 5.26. The third-order valence-corrected chi connectivity index (χ3v) is 7.76. The van der Waals surface area contributed by atoms with Gasteiger partial charge in [-0.05, 0) is 78.1 Å². The number of nitrogens with zero attached hydrogens (tertiary/aromatic N) is 3. The summed E-state index contributed by atoms with van der Waals surface area (Å²) in [5.41, 5.74) is 3.64. The van der Waals surface area contributed by atoms with Crippen molar-refractivity contribution in [2.45, 2.75) is 50.3 Å². The Bertz CT molecular complexity index is 1470. The van der Waals surface area contributed by atoms with Crippen LogP contribution in [0.2, 0.25) is 0 Å². The molecule has 1 unspecified atom stereocenters. The number of nitrogens with one attached hydrogen (secondary N) is 1. The molecule has 0 saturated carbocycles. The summed E-state index contributed by atoms with van der Waals surface area (Å²) in [4.78, 5) is 13.2. The zero-order valence-electron chi connectivity index (χ0n) is 24.2. The van der Waals surface area contributed by atoms with Crippen molar-refractivity contribution in [2.24, 2.45) is 0 Å². The number of rotatable bonds is 16. The van der Waals surface area contributed by atoms with Gasteiger partial charge in [0.15, 0.2) is 0 Å². The molecule has 1 N–H and O–H groups in total. The number of benzene rings is 3. The molecule has 3 aromatic carbocycles. The molecule has 1 amide bonds. The number of carbonyl (C=O) groups excluding carboxylic acids is 1. The topological polar surface area (TPSA) is 95.3 Å². The molecule has 0 aliphatic heterocycles. The smallest absolute Gasteiger partial charge is 0.248 e. The van der Waals surface area contributed by atoms with Crippen LogP contribution in [0, 0.1) is 0 Å². The Morgan fingerprint density at radius 1 is 0.952 bits per heavy atom. The summed E-state index contributed by atoms with van der Waals surface area (Å²) in [5.74, 6) is 1.55. The van der Waals surface area contributed by atoms with Crippen LogP contribution in [0.5, 0.6) is 5.75 Å². The van der Waals surface area contributed by atoms with Crippen molar-refractivity contribution in [1.82, 2.24) is 14.8 Å². The summed E-state index contributed by atoms with van der Waals surface area (Å²) >= 11 is 0. The van der Waals surface area contributed by atoms with Gasteiger partial charge in [-0.3, -0.25) is 9.00 Å². The third-order valence-electron chi connectivity index (χ3n) is 6.45. The van der Waals surface area contributed by atoms with Gasteiger partial charge in [-0.25, -0.2) is 0 Å². The lowest BCUT2D eigenvalue weighted by molar-refractivity contribution is -0.111. The lowest BCUT2D eigenvalue weighted by Gasteiger charge is -2.08. The first-order valence-electron chi connectivity index (χ1n) is 14.3. The molecule has 9 heteroatoms. The number of ether oxygens (including phenoxy) is 2. The Kier molecular flexibility index (Phi) is 12.0. The van der Waals surface area contributed by atoms with Gasteiger partial charge >= 0.3 is 0 Å². The summed E-state index contributed by atoms with van der Waals surface area (Å²) < 4.78 is 26.0. The van der Waals surface area contributed by atoms with Gasteiger partial charge < -0.3 is 19.4 Å². The van der Waals surface area contributed by atoms with Gasteiger partial charge in [-0.2, -0.15) is 0 Å². The van der Waals surface area contributed by atoms with Crippen molar-refractivity contribution >= 4 is 28.5 Å². The zero-order valence-corrected chi connectivity index (χ0v) is 25.0. The van der Waals surface area contributed by atoms with Gasteiger partial charge in [-0.1, -0.05) is 50.6 Å². The molecule has 220 valence electrons. The average molecular weight is 587 g/mol. The van der Waals surface area contributed by atoms with Crippen LogP contribution < -0.4 is 10.1 Å². The molecule has 4 aromatic rings. The maximum absolute atomic E-state index is 12.8. The fraction of sp³-hybridized carbons (Fsp3) is 0.303. The summed E-state index contributed by atoms with van der Waals surface area (Å²) in [7, 11) is -1.26. The standard InChI is InChI=1S/C33H38N4O4S/c1-3-5-20-40-21-22-41-30-14-10-27(11-15-30)28-8-6-7-26(23-28)9-18-33(38)35-29-12-16-31(17-13-29)42(39)24-32-36-34-25-37(32)19-4-2/h6-18,23,25H,3-5,19-22,24H2,1-2H3,(H,35,38)/b18-9+. The average Bonchev–Trinajstić information content (AvgIpc) is 3.45. The Hall–Kier alpha value is -4.08. The molecule has 0 radical (unpaired) electrons. The normalized spacial score (nSPS) is 12.0. The van der Waals surface area contributed by atoms with Crippen LogP contribution in [0.1, 0.15) is 44.5 Å². The van der Waals surface area contributed by atoms with E-state index in [-0.39, 0.29) is 5.91 Å². The quantitative estimate of drug-likeness (QED) is 0.119. The molecule has 1 aromatic heterocycles. The molecule has 0 fully saturated rings. The maximum atomic E-state index is 12.8. The van der Waals surface area contributed by atoms with E-state index in [1.54, 1.807) is 36.7 Å². The first-order valence-corrected chi connectivity index (χ1v) is 15.6. The van der Waals surface area contributed by atoms with E-state index in [0.29, 0.717) is 35.4 Å². The van der Waals surface area contributed by atoms with E-state index < -0.39 is 10.8 Å². The van der Waals surface area contributed by atoms with Crippen molar-refractivity contribution in [1.29, 1.82) is 0 Å². The van der Waals surface area contributed by atoms with Crippen molar-refractivity contribution in [3.8, 4) is 16.9 Å². The van der Waals surface area contributed by atoms with Crippen LogP contribution >= 0.6 is 0 Å². The zero-order chi connectivity index (χ0) is 29.6. The Morgan fingerprint density at radius 2 is 1.76 bits per heavy atom. The number of hydrogen-bond donors (Lipinski definition) is 1. The van der Waals surface area contributed by atoms with Crippen LogP contribution in [0.25, 0.3) is 17.2 Å². The van der Waals surface area contributed by atoms with Crippen molar-refractivity contribution in [2.75, 3.05) is 25.1 Å². The van der Waals surface area contributed by atoms with Gasteiger partial charge in [0.25, 0.3) is 0 Å². The van der Waals surface area contributed by atoms with E-state index in [4.69, 9.17) is 9.47 Å². The minimum absolute atomic E-state index is 0.248. The van der Waals surface area contributed by atoms with E-state index in [0.717, 1.165) is 54.9 Å². The minimum atomic E-state index is -1.26. The van der Waals surface area contributed by atoms with E-state index >= 15 is 0 Å². The molecule has 1 atom stereocenters. The Balaban J connectivity index is 1.27. The predicted molar refractivity (Wildman–Crippen MR) is 168 cm³/mol. The molecule has 0 bridgehead atoms. The number of aromatic nitrogens is 3. The summed E-state index contributed by atoms with van der Waals surface area (Å²) in [5, 5.41) is 10.9. The van der Waals surface area contributed by atoms with Gasteiger partial charge in [0.05, 0.1) is 23.2 Å². The number of amides is 1. The minimum Gasteiger partial charge on any atom is -0.491 e. The van der Waals surface area contributed by atoms with Crippen LogP contribution in [-0.4, -0.2) is 44.7 Å². The fourth-order valence-electron chi connectivity index (χ4n) is 4.20. The summed E-state index contributed by atoms with van der Waals surface area (Å²) in [6, 6.07) is 23.0. The third kappa shape index (κ3) is 9.49. The predicted octanol–water partition coefficient (Wildman–Crippen LogP) is 6.51. The molecule has 8 nitrogen and oxygen atoms in total. The SMILES string of the molecule is CCCCOCCOc1ccc(-c2cccc(/C=C/C(=O)Nc3ccc(S(=O)Cc4nncn4CCC)cc3)c2)cc1. The van der Waals surface area contributed by atoms with Crippen LogP contribution in [0.3, 0.4) is 0 Å². The molecule has 42 heavy (non-hydrogen) atoms. The van der Waals surface area contributed by atoms with Gasteiger partial charge in [0.1, 0.15) is 24.5 Å². The van der Waals surface area contributed by atoms with Crippen LogP contribution in [0.4, 0.5) is 5.69 Å². The molecule has 0 spiro atoms. The number of aryl methyl sites for hydroxylation is 1. The van der Waals surface area contributed by atoms with Crippen LogP contribution in [0.15, 0.2) is 90.1 Å². The molecule has 0 saturated heterocycles. The number of hydrogen-bond acceptors (Lipinski definition) is 6. The second kappa shape index (κ2) is 16.4. The van der Waals surface area contributed by atoms with E-state index in [9.17, 15) is 9.00 Å². The highest BCUT2D eigenvalue weighted by atomic mass is 32.2. The van der Waals surface area contributed by atoms with Crippen molar-refractivity contribution in [3.05, 3.63) is 96.6 Å². The van der Waals surface area contributed by atoms with Gasteiger partial charge in [0.2, 0.25) is 5.91 Å². The highest BCUT2D eigenvalue weighted by molar-refractivity contribution is 7.84. The maximum Gasteiger partial charge on any atom is 0.248 e. The second-order valence-corrected chi connectivity index (χ2v) is 11.2. The molecule has 0 aliphatic carbocycles. The van der Waals surface area contributed by atoms with Crippen LogP contribution in [-0.2, 0) is 32.6 Å². The lowest BCUT2D eigenvalue weighted by Crippen LogP contribution is -2.08. The van der Waals surface area contributed by atoms with Crippen molar-refractivity contribution < 1.29 is 18.5 Å². The monoisotopic (exact) mass is 586 g/mol. The number of carbonyl (C=O) groups is 1. The highest BCUT2D eigenvalue weighted by Crippen LogP contribution is 2.24. The number of unbranched alkanes of at least 4 members (excludes halogenated alkanes) is 1. The first-order chi connectivity index (χ1) is 20.6. The first kappa shape index (κ1) is 30.9. The Morgan fingerprint density at radius 3 is 2.52 bits per heavy atom. The van der Waals surface area contributed by atoms with E-state index in [2.05, 4.69) is 29.4 Å². The van der Waals surface area contributed by atoms with E-state index in [1.165, 1.54) is 6.08 Å². The highest BCUT2D eigenvalue weighted by Gasteiger charge is 2.11. The Labute approximate surface area is 250 Å². The van der Waals surface area contributed by atoms with Gasteiger partial charge in [-0.15, -0.1) is 10.2 Å². The molecular weight excluding hydrogens is 548 g/mol. The largest absolute Gasteiger partial charge is 0.491 e. The molecule has 1 heterocycles. The van der Waals surface area contributed by atoms with Gasteiger partial charge in [0, 0.05) is 29.8 Å². The second-order valence-electron chi connectivity index (χ2n) is 9.74. The van der Waals surface area contributed by atoms with E-state index in [1.807, 2.05) is 53.1 Å². The molecular formula is C33H38N4O4S.